The Morgan fingerprint density at radius 2 is 1.83 bits per heavy atom. The van der Waals surface area contributed by atoms with Gasteiger partial charge in [0, 0.05) is 0 Å². The summed E-state index contributed by atoms with van der Waals surface area (Å²) in [6.45, 7) is 1.17. The van der Waals surface area contributed by atoms with E-state index in [1.54, 1.807) is 11.3 Å². The topological polar surface area (TPSA) is 54.7 Å². The van der Waals surface area contributed by atoms with E-state index in [-0.39, 0.29) is 23.7 Å². The molecule has 5 nitrogen and oxygen atoms in total. The Hall–Kier alpha value is -1.79. The van der Waals surface area contributed by atoms with Gasteiger partial charge >= 0.3 is 0 Å². The van der Waals surface area contributed by atoms with E-state index in [2.05, 4.69) is 11.1 Å². The monoisotopic (exact) mass is 344 g/mol. The molecule has 1 saturated heterocycles. The first-order valence-corrected chi connectivity index (χ1v) is 9.46. The number of rotatable bonds is 4. The van der Waals surface area contributed by atoms with Crippen LogP contribution in [0.2, 0.25) is 0 Å². The summed E-state index contributed by atoms with van der Waals surface area (Å²) in [5, 5.41) is 1.05. The summed E-state index contributed by atoms with van der Waals surface area (Å²) in [5.41, 5.74) is 1.02. The van der Waals surface area contributed by atoms with E-state index in [0.717, 1.165) is 47.7 Å². The zero-order valence-corrected chi connectivity index (χ0v) is 14.6. The molecule has 0 radical (unpaired) electrons. The molecule has 0 bridgehead atoms. The number of thiazole rings is 1. The maximum Gasteiger partial charge on any atom is 0.237 e. The normalized spacial score (nSPS) is 25.3. The second-order valence-electron chi connectivity index (χ2n) is 6.97. The van der Waals surface area contributed by atoms with Crippen LogP contribution < -0.4 is 4.90 Å². The van der Waals surface area contributed by atoms with Gasteiger partial charge in [0.1, 0.15) is 11.6 Å². The molecule has 2 fully saturated rings. The number of carbonyl (C=O) groups excluding carboxylic acids is 2. The standard InChI is InChI=1S/C18H21N3O2S/c1-20(10-16-19-14-8-4-5-9-15(14)24-16)11-21-17(22)12-6-2-3-7-13(12)18(21)23/h4-5,8-9,12-13H,2-3,6-7,10-11H2,1H3/p+1/t12-,13-/m0/s1. The Labute approximate surface area is 145 Å². The van der Waals surface area contributed by atoms with Gasteiger partial charge in [0.05, 0.1) is 29.1 Å². The van der Waals surface area contributed by atoms with Gasteiger partial charge in [-0.1, -0.05) is 25.0 Å². The molecule has 1 aromatic heterocycles. The molecule has 24 heavy (non-hydrogen) atoms. The summed E-state index contributed by atoms with van der Waals surface area (Å²) < 4.78 is 1.18. The average molecular weight is 344 g/mol. The molecule has 1 N–H and O–H groups in total. The maximum atomic E-state index is 12.6. The number of amides is 2. The van der Waals surface area contributed by atoms with Crippen LogP contribution in [-0.2, 0) is 16.1 Å². The van der Waals surface area contributed by atoms with E-state index >= 15 is 0 Å². The van der Waals surface area contributed by atoms with E-state index in [1.807, 2.05) is 25.2 Å². The van der Waals surface area contributed by atoms with Crippen molar-refractivity contribution in [2.75, 3.05) is 13.7 Å². The Morgan fingerprint density at radius 3 is 2.50 bits per heavy atom. The van der Waals surface area contributed by atoms with Crippen molar-refractivity contribution in [3.63, 3.8) is 0 Å². The molecule has 2 amide bonds. The lowest BCUT2D eigenvalue weighted by Crippen LogP contribution is -3.09. The van der Waals surface area contributed by atoms with Crippen LogP contribution in [0.25, 0.3) is 10.2 Å². The Balaban J connectivity index is 1.44. The molecule has 2 heterocycles. The minimum atomic E-state index is -0.0542. The van der Waals surface area contributed by atoms with E-state index in [1.165, 1.54) is 9.60 Å². The van der Waals surface area contributed by atoms with Crippen LogP contribution in [0.3, 0.4) is 0 Å². The smallest absolute Gasteiger partial charge is 0.237 e. The quantitative estimate of drug-likeness (QED) is 0.854. The minimum Gasteiger partial charge on any atom is -0.314 e. The molecule has 1 unspecified atom stereocenters. The van der Waals surface area contributed by atoms with E-state index in [4.69, 9.17) is 0 Å². The number of hydrogen-bond acceptors (Lipinski definition) is 4. The molecule has 1 saturated carbocycles. The second kappa shape index (κ2) is 6.26. The zero-order chi connectivity index (χ0) is 16.7. The van der Waals surface area contributed by atoms with Crippen molar-refractivity contribution in [1.29, 1.82) is 0 Å². The Bertz CT molecular complexity index is 730. The fourth-order valence-electron chi connectivity index (χ4n) is 3.97. The van der Waals surface area contributed by atoms with Crippen LogP contribution in [-0.4, -0.2) is 35.4 Å². The first-order valence-electron chi connectivity index (χ1n) is 8.64. The number of fused-ring (bicyclic) bond motifs is 2. The van der Waals surface area contributed by atoms with Crippen molar-refractivity contribution < 1.29 is 14.5 Å². The van der Waals surface area contributed by atoms with Crippen LogP contribution in [0, 0.1) is 11.8 Å². The van der Waals surface area contributed by atoms with Crippen molar-refractivity contribution in [2.45, 2.75) is 32.2 Å². The number of quaternary nitrogens is 1. The third kappa shape index (κ3) is 2.74. The van der Waals surface area contributed by atoms with Gasteiger partial charge in [-0.05, 0) is 25.0 Å². The highest BCUT2D eigenvalue weighted by atomic mass is 32.1. The number of para-hydroxylation sites is 1. The molecule has 6 heteroatoms. The minimum absolute atomic E-state index is 0.0494. The van der Waals surface area contributed by atoms with Gasteiger partial charge in [0.25, 0.3) is 0 Å². The average Bonchev–Trinajstić information content (AvgIpc) is 3.09. The number of carbonyl (C=O) groups is 2. The summed E-state index contributed by atoms with van der Waals surface area (Å²) in [4.78, 5) is 32.4. The summed E-state index contributed by atoms with van der Waals surface area (Å²) in [5.74, 6) is -0.00954. The number of nitrogens with one attached hydrogen (secondary N) is 1. The Morgan fingerprint density at radius 1 is 1.17 bits per heavy atom. The van der Waals surface area contributed by atoms with Crippen molar-refractivity contribution in [3.05, 3.63) is 29.3 Å². The van der Waals surface area contributed by atoms with Crippen molar-refractivity contribution in [3.8, 4) is 0 Å². The number of likely N-dealkylation sites (tertiary alicyclic amines) is 1. The molecule has 2 aromatic rings. The molecule has 4 rings (SSSR count). The molecule has 0 spiro atoms. The molecule has 3 atom stereocenters. The van der Waals surface area contributed by atoms with Gasteiger partial charge in [0.2, 0.25) is 11.8 Å². The van der Waals surface area contributed by atoms with E-state index in [0.29, 0.717) is 6.67 Å². The summed E-state index contributed by atoms with van der Waals surface area (Å²) in [7, 11) is 2.02. The highest BCUT2D eigenvalue weighted by Crippen LogP contribution is 2.37. The lowest BCUT2D eigenvalue weighted by atomic mass is 9.81. The van der Waals surface area contributed by atoms with Gasteiger partial charge in [-0.2, -0.15) is 0 Å². The van der Waals surface area contributed by atoms with Crippen LogP contribution in [0.4, 0.5) is 0 Å². The summed E-state index contributed by atoms with van der Waals surface area (Å²) >= 11 is 1.68. The van der Waals surface area contributed by atoms with Gasteiger partial charge in [-0.15, -0.1) is 11.3 Å². The van der Waals surface area contributed by atoms with E-state index in [9.17, 15) is 9.59 Å². The lowest BCUT2D eigenvalue weighted by Gasteiger charge is -2.19. The highest BCUT2D eigenvalue weighted by Gasteiger charge is 2.49. The first-order chi connectivity index (χ1) is 11.6. The number of benzene rings is 1. The van der Waals surface area contributed by atoms with Crippen molar-refractivity contribution >= 4 is 33.4 Å². The molecular weight excluding hydrogens is 322 g/mol. The van der Waals surface area contributed by atoms with Crippen LogP contribution in [0.1, 0.15) is 30.7 Å². The summed E-state index contributed by atoms with van der Waals surface area (Å²) in [6.07, 6.45) is 3.90. The van der Waals surface area contributed by atoms with Gasteiger partial charge in [0.15, 0.2) is 6.67 Å². The number of nitrogens with zero attached hydrogens (tertiary/aromatic N) is 2. The van der Waals surface area contributed by atoms with Crippen LogP contribution in [0.15, 0.2) is 24.3 Å². The molecule has 126 valence electrons. The largest absolute Gasteiger partial charge is 0.314 e. The predicted octanol–water partition coefficient (Wildman–Crippen LogP) is 1.44. The highest BCUT2D eigenvalue weighted by molar-refractivity contribution is 7.18. The third-order valence-electron chi connectivity index (χ3n) is 5.15. The van der Waals surface area contributed by atoms with Gasteiger partial charge in [-0.3, -0.25) is 9.59 Å². The number of imide groups is 1. The molecular formula is C18H22N3O2S+. The van der Waals surface area contributed by atoms with Crippen molar-refractivity contribution in [1.82, 2.24) is 9.88 Å². The lowest BCUT2D eigenvalue weighted by molar-refractivity contribution is -0.901. The molecule has 2 aliphatic rings. The predicted molar refractivity (Wildman–Crippen MR) is 92.4 cm³/mol. The maximum absolute atomic E-state index is 12.6. The third-order valence-corrected chi connectivity index (χ3v) is 6.19. The van der Waals surface area contributed by atoms with Crippen LogP contribution in [0.5, 0.6) is 0 Å². The second-order valence-corrected chi connectivity index (χ2v) is 8.08. The van der Waals surface area contributed by atoms with Gasteiger partial charge < -0.3 is 4.90 Å². The number of aromatic nitrogens is 1. The van der Waals surface area contributed by atoms with Gasteiger partial charge in [-0.25, -0.2) is 9.88 Å². The summed E-state index contributed by atoms with van der Waals surface area (Å²) in [6, 6.07) is 8.10. The first kappa shape index (κ1) is 15.7. The van der Waals surface area contributed by atoms with Crippen molar-refractivity contribution in [2.24, 2.45) is 11.8 Å². The molecule has 1 aromatic carbocycles. The molecule has 1 aliphatic heterocycles. The van der Waals surface area contributed by atoms with Crippen LogP contribution >= 0.6 is 11.3 Å². The number of hydrogen-bond donors (Lipinski definition) is 1. The zero-order valence-electron chi connectivity index (χ0n) is 13.8. The Kier molecular flexibility index (Phi) is 4.10. The fourth-order valence-corrected chi connectivity index (χ4v) is 5.05. The fraction of sp³-hybridized carbons (Fsp3) is 0.500. The van der Waals surface area contributed by atoms with E-state index < -0.39 is 0 Å². The SMILES string of the molecule is C[NH+](Cc1nc2ccccc2s1)CN1C(=O)[C@H]2CCCC[C@@H]2C1=O. The molecule has 1 aliphatic carbocycles.